The van der Waals surface area contributed by atoms with Crippen LogP contribution in [0, 0.1) is 13.8 Å². The molecule has 0 spiro atoms. The molecule has 0 fully saturated rings. The zero-order valence-corrected chi connectivity index (χ0v) is 10.5. The first-order chi connectivity index (χ1) is 8.63. The monoisotopic (exact) mass is 260 g/mol. The van der Waals surface area contributed by atoms with Crippen LogP contribution in [0.3, 0.4) is 0 Å². The van der Waals surface area contributed by atoms with Gasteiger partial charge in [0.2, 0.25) is 5.28 Å². The third-order valence-corrected chi connectivity index (χ3v) is 2.62. The Morgan fingerprint density at radius 1 is 1.06 bits per heavy atom. The molecule has 3 rings (SSSR count). The lowest BCUT2D eigenvalue weighted by atomic mass is 10.4. The van der Waals surface area contributed by atoms with Crippen molar-refractivity contribution in [3.05, 3.63) is 35.1 Å². The summed E-state index contributed by atoms with van der Waals surface area (Å²) >= 11 is 5.79. The van der Waals surface area contributed by atoms with Crippen molar-refractivity contribution in [3.8, 4) is 5.95 Å². The van der Waals surface area contributed by atoms with Crippen LogP contribution in [0.2, 0.25) is 5.28 Å². The Bertz CT molecular complexity index is 715. The lowest BCUT2D eigenvalue weighted by molar-refractivity contribution is 0.807. The zero-order valence-electron chi connectivity index (χ0n) is 9.79. The van der Waals surface area contributed by atoms with Crippen molar-refractivity contribution in [2.75, 3.05) is 0 Å². The van der Waals surface area contributed by atoms with E-state index >= 15 is 0 Å². The summed E-state index contributed by atoms with van der Waals surface area (Å²) in [7, 11) is 0. The van der Waals surface area contributed by atoms with Gasteiger partial charge in [0.25, 0.3) is 5.95 Å². The third kappa shape index (κ3) is 1.80. The van der Waals surface area contributed by atoms with Gasteiger partial charge in [0.1, 0.15) is 0 Å². The fraction of sp³-hybridized carbons (Fsp3) is 0.182. The van der Waals surface area contributed by atoms with Gasteiger partial charge in [-0.1, -0.05) is 0 Å². The SMILES string of the molecule is Cc1cc(C)nc(-n2ncc3cnc(Cl)nc32)n1. The Hall–Kier alpha value is -2.08. The highest BCUT2D eigenvalue weighted by atomic mass is 35.5. The molecule has 0 aliphatic heterocycles. The molecule has 0 unspecified atom stereocenters. The maximum Gasteiger partial charge on any atom is 0.252 e. The van der Waals surface area contributed by atoms with Gasteiger partial charge in [-0.3, -0.25) is 0 Å². The van der Waals surface area contributed by atoms with Gasteiger partial charge in [0, 0.05) is 17.6 Å². The fourth-order valence-electron chi connectivity index (χ4n) is 1.75. The Balaban J connectivity index is 2.27. The molecule has 0 aliphatic carbocycles. The van der Waals surface area contributed by atoms with Crippen LogP contribution >= 0.6 is 11.6 Å². The van der Waals surface area contributed by atoms with E-state index < -0.39 is 0 Å². The summed E-state index contributed by atoms with van der Waals surface area (Å²) in [5.41, 5.74) is 2.35. The topological polar surface area (TPSA) is 69.4 Å². The number of hydrogen-bond acceptors (Lipinski definition) is 5. The predicted molar refractivity (Wildman–Crippen MR) is 66.7 cm³/mol. The maximum absolute atomic E-state index is 5.79. The molecule has 0 N–H and O–H groups in total. The van der Waals surface area contributed by atoms with Gasteiger partial charge in [-0.15, -0.1) is 0 Å². The van der Waals surface area contributed by atoms with Crippen molar-refractivity contribution >= 4 is 22.6 Å². The van der Waals surface area contributed by atoms with Gasteiger partial charge < -0.3 is 0 Å². The number of aromatic nitrogens is 6. The van der Waals surface area contributed by atoms with Crippen LogP contribution in [0.1, 0.15) is 11.4 Å². The van der Waals surface area contributed by atoms with E-state index in [0.717, 1.165) is 16.8 Å². The van der Waals surface area contributed by atoms with E-state index in [-0.39, 0.29) is 5.28 Å². The summed E-state index contributed by atoms with van der Waals surface area (Å²) in [5, 5.41) is 5.19. The number of hydrogen-bond donors (Lipinski definition) is 0. The van der Waals surface area contributed by atoms with E-state index in [1.807, 2.05) is 19.9 Å². The van der Waals surface area contributed by atoms with Crippen molar-refractivity contribution in [2.24, 2.45) is 0 Å². The first-order valence-electron chi connectivity index (χ1n) is 5.32. The molecular formula is C11H9ClN6. The Kier molecular flexibility index (Phi) is 2.45. The second kappa shape index (κ2) is 3.99. The van der Waals surface area contributed by atoms with Crippen LogP contribution in [0.4, 0.5) is 0 Å². The molecule has 0 bridgehead atoms. The number of nitrogens with zero attached hydrogens (tertiary/aromatic N) is 6. The van der Waals surface area contributed by atoms with Crippen molar-refractivity contribution < 1.29 is 0 Å². The molecule has 6 nitrogen and oxygen atoms in total. The highest BCUT2D eigenvalue weighted by molar-refractivity contribution is 6.28. The molecule has 0 aromatic carbocycles. The van der Waals surface area contributed by atoms with Gasteiger partial charge in [0.05, 0.1) is 11.6 Å². The highest BCUT2D eigenvalue weighted by Gasteiger charge is 2.10. The molecule has 0 radical (unpaired) electrons. The van der Waals surface area contributed by atoms with E-state index in [1.165, 1.54) is 0 Å². The molecule has 3 heterocycles. The van der Waals surface area contributed by atoms with Crippen molar-refractivity contribution in [1.29, 1.82) is 0 Å². The van der Waals surface area contributed by atoms with Crippen molar-refractivity contribution in [2.45, 2.75) is 13.8 Å². The normalized spacial score (nSPS) is 11.1. The van der Waals surface area contributed by atoms with Crippen LogP contribution in [-0.4, -0.2) is 29.7 Å². The first-order valence-corrected chi connectivity index (χ1v) is 5.70. The summed E-state index contributed by atoms with van der Waals surface area (Å²) in [6, 6.07) is 1.90. The largest absolute Gasteiger partial charge is 0.252 e. The number of fused-ring (bicyclic) bond motifs is 1. The zero-order chi connectivity index (χ0) is 12.7. The summed E-state index contributed by atoms with van der Waals surface area (Å²) in [6.07, 6.45) is 3.28. The molecule has 0 atom stereocenters. The van der Waals surface area contributed by atoms with Crippen LogP contribution in [-0.2, 0) is 0 Å². The number of halogens is 1. The third-order valence-electron chi connectivity index (χ3n) is 2.44. The van der Waals surface area contributed by atoms with Crippen LogP contribution < -0.4 is 0 Å². The molecular weight excluding hydrogens is 252 g/mol. The predicted octanol–water partition coefficient (Wildman–Crippen LogP) is 1.88. The Morgan fingerprint density at radius 2 is 1.78 bits per heavy atom. The second-order valence-electron chi connectivity index (χ2n) is 3.93. The Morgan fingerprint density at radius 3 is 2.50 bits per heavy atom. The lowest BCUT2D eigenvalue weighted by Crippen LogP contribution is -2.06. The molecule has 18 heavy (non-hydrogen) atoms. The fourth-order valence-corrected chi connectivity index (χ4v) is 1.87. The Labute approximate surface area is 108 Å². The van der Waals surface area contributed by atoms with E-state index in [1.54, 1.807) is 17.1 Å². The van der Waals surface area contributed by atoms with Gasteiger partial charge in [0.15, 0.2) is 5.65 Å². The first kappa shape index (κ1) is 11.0. The minimum absolute atomic E-state index is 0.175. The summed E-state index contributed by atoms with van der Waals surface area (Å²) in [6.45, 7) is 3.82. The molecule has 3 aromatic heterocycles. The molecule has 0 saturated carbocycles. The second-order valence-corrected chi connectivity index (χ2v) is 4.26. The summed E-state index contributed by atoms with van der Waals surface area (Å²) < 4.78 is 1.56. The average Bonchev–Trinajstić information content (AvgIpc) is 2.70. The van der Waals surface area contributed by atoms with Gasteiger partial charge >= 0.3 is 0 Å². The minimum atomic E-state index is 0.175. The van der Waals surface area contributed by atoms with Gasteiger partial charge in [-0.2, -0.15) is 14.8 Å². The number of aryl methyl sites for hydroxylation is 2. The van der Waals surface area contributed by atoms with E-state index in [9.17, 15) is 0 Å². The number of rotatable bonds is 1. The molecule has 0 amide bonds. The van der Waals surface area contributed by atoms with Crippen LogP contribution in [0.5, 0.6) is 0 Å². The van der Waals surface area contributed by atoms with E-state index in [0.29, 0.717) is 11.6 Å². The quantitative estimate of drug-likeness (QED) is 0.625. The van der Waals surface area contributed by atoms with Gasteiger partial charge in [-0.25, -0.2) is 15.0 Å². The standard InChI is InChI=1S/C11H9ClN6/c1-6-3-7(2)16-11(15-6)18-9-8(5-14-18)4-13-10(12)17-9/h3-5H,1-2H3. The minimum Gasteiger partial charge on any atom is -0.226 e. The highest BCUT2D eigenvalue weighted by Crippen LogP contribution is 2.15. The lowest BCUT2D eigenvalue weighted by Gasteiger charge is -2.03. The average molecular weight is 261 g/mol. The van der Waals surface area contributed by atoms with E-state index in [4.69, 9.17) is 11.6 Å². The van der Waals surface area contributed by atoms with Crippen LogP contribution in [0.15, 0.2) is 18.5 Å². The molecule has 0 saturated heterocycles. The van der Waals surface area contributed by atoms with Crippen molar-refractivity contribution in [1.82, 2.24) is 29.7 Å². The molecule has 7 heteroatoms. The molecule has 3 aromatic rings. The summed E-state index contributed by atoms with van der Waals surface area (Å²) in [5.74, 6) is 0.484. The molecule has 90 valence electrons. The van der Waals surface area contributed by atoms with E-state index in [2.05, 4.69) is 25.0 Å². The van der Waals surface area contributed by atoms with Crippen molar-refractivity contribution in [3.63, 3.8) is 0 Å². The summed E-state index contributed by atoms with van der Waals surface area (Å²) in [4.78, 5) is 16.7. The maximum atomic E-state index is 5.79. The van der Waals surface area contributed by atoms with Crippen LogP contribution in [0.25, 0.3) is 17.0 Å². The van der Waals surface area contributed by atoms with Gasteiger partial charge in [-0.05, 0) is 31.5 Å². The smallest absolute Gasteiger partial charge is 0.226 e. The molecule has 0 aliphatic rings.